The number of H-pyrrole nitrogens is 1. The van der Waals surface area contributed by atoms with E-state index in [2.05, 4.69) is 9.97 Å². The molecule has 1 fully saturated rings. The summed E-state index contributed by atoms with van der Waals surface area (Å²) in [6.07, 6.45) is 0. The molecule has 0 spiro atoms. The lowest BCUT2D eigenvalue weighted by molar-refractivity contribution is 0.00578. The summed E-state index contributed by atoms with van der Waals surface area (Å²) in [7, 11) is -0.706. The minimum absolute atomic E-state index is 0.0698. The number of hydrogen-bond donors (Lipinski definition) is 2. The van der Waals surface area contributed by atoms with E-state index in [1.165, 1.54) is 0 Å². The van der Waals surface area contributed by atoms with E-state index in [-0.39, 0.29) is 11.3 Å². The molecular weight excluding hydrogens is 343 g/mol. The molecule has 0 radical (unpaired) electrons. The van der Waals surface area contributed by atoms with E-state index < -0.39 is 18.3 Å². The van der Waals surface area contributed by atoms with Crippen LogP contribution in [0.2, 0.25) is 0 Å². The molecule has 2 heterocycles. The normalized spacial score (nSPS) is 18.1. The van der Waals surface area contributed by atoms with Gasteiger partial charge < -0.3 is 19.4 Å². The molecule has 4 rings (SSSR count). The van der Waals surface area contributed by atoms with Crippen LogP contribution in [0.1, 0.15) is 27.7 Å². The minimum atomic E-state index is -0.706. The Labute approximate surface area is 157 Å². The lowest BCUT2D eigenvalue weighted by Gasteiger charge is -2.32. The van der Waals surface area contributed by atoms with Crippen LogP contribution in [0.4, 0.5) is 0 Å². The predicted molar refractivity (Wildman–Crippen MR) is 105 cm³/mol. The van der Waals surface area contributed by atoms with E-state index in [0.29, 0.717) is 27.8 Å². The van der Waals surface area contributed by atoms with Gasteiger partial charge >= 0.3 is 7.12 Å². The highest BCUT2D eigenvalue weighted by atomic mass is 16.7. The number of aromatic hydroxyl groups is 1. The van der Waals surface area contributed by atoms with Gasteiger partial charge in [0.1, 0.15) is 11.6 Å². The van der Waals surface area contributed by atoms with Crippen molar-refractivity contribution in [3.05, 3.63) is 52.8 Å². The Bertz CT molecular complexity index is 1070. The van der Waals surface area contributed by atoms with Gasteiger partial charge in [-0.2, -0.15) is 0 Å². The second kappa shape index (κ2) is 5.94. The highest BCUT2D eigenvalue weighted by Gasteiger charge is 2.52. The number of aromatic amines is 1. The summed E-state index contributed by atoms with van der Waals surface area (Å²) < 4.78 is 12.1. The summed E-state index contributed by atoms with van der Waals surface area (Å²) in [6, 6.07) is 12.2. The fourth-order valence-electron chi connectivity index (χ4n) is 3.08. The Hall–Kier alpha value is -2.64. The van der Waals surface area contributed by atoms with Gasteiger partial charge in [0.2, 0.25) is 0 Å². The number of phenols is 1. The molecule has 1 aromatic heterocycles. The van der Waals surface area contributed by atoms with Crippen molar-refractivity contribution in [2.45, 2.75) is 38.9 Å². The second-order valence-corrected chi connectivity index (χ2v) is 7.79. The van der Waals surface area contributed by atoms with Crippen LogP contribution in [-0.4, -0.2) is 33.4 Å². The number of nitrogens with one attached hydrogen (secondary N) is 1. The fourth-order valence-corrected chi connectivity index (χ4v) is 3.08. The quantitative estimate of drug-likeness (QED) is 0.683. The van der Waals surface area contributed by atoms with Crippen molar-refractivity contribution in [1.29, 1.82) is 0 Å². The van der Waals surface area contributed by atoms with Crippen molar-refractivity contribution in [3.63, 3.8) is 0 Å². The van der Waals surface area contributed by atoms with Crippen molar-refractivity contribution in [2.24, 2.45) is 0 Å². The minimum Gasteiger partial charge on any atom is -0.508 e. The first-order chi connectivity index (χ1) is 12.7. The lowest BCUT2D eigenvalue weighted by atomic mass is 9.77. The molecule has 0 unspecified atom stereocenters. The number of para-hydroxylation sites is 1. The largest absolute Gasteiger partial charge is 0.508 e. The Kier molecular flexibility index (Phi) is 3.91. The van der Waals surface area contributed by atoms with Gasteiger partial charge in [-0.05, 0) is 58.0 Å². The third-order valence-electron chi connectivity index (χ3n) is 5.42. The van der Waals surface area contributed by atoms with Gasteiger partial charge in [-0.3, -0.25) is 4.79 Å². The Morgan fingerprint density at radius 2 is 1.70 bits per heavy atom. The summed E-state index contributed by atoms with van der Waals surface area (Å²) in [4.78, 5) is 19.7. The van der Waals surface area contributed by atoms with Crippen LogP contribution < -0.4 is 11.0 Å². The smallest absolute Gasteiger partial charge is 0.498 e. The first-order valence-electron chi connectivity index (χ1n) is 8.86. The van der Waals surface area contributed by atoms with Crippen LogP contribution in [0.25, 0.3) is 22.3 Å². The van der Waals surface area contributed by atoms with Crippen molar-refractivity contribution in [2.75, 3.05) is 0 Å². The number of aromatic nitrogens is 2. The number of rotatable bonds is 2. The van der Waals surface area contributed by atoms with E-state index in [9.17, 15) is 9.90 Å². The van der Waals surface area contributed by atoms with Crippen molar-refractivity contribution in [3.8, 4) is 17.1 Å². The molecule has 0 amide bonds. The Morgan fingerprint density at radius 1 is 1.04 bits per heavy atom. The van der Waals surface area contributed by atoms with Crippen LogP contribution in [0.15, 0.2) is 47.3 Å². The van der Waals surface area contributed by atoms with Crippen molar-refractivity contribution < 1.29 is 14.4 Å². The second-order valence-electron chi connectivity index (χ2n) is 7.79. The van der Waals surface area contributed by atoms with Crippen molar-refractivity contribution >= 4 is 23.5 Å². The first-order valence-corrected chi connectivity index (χ1v) is 8.86. The highest BCUT2D eigenvalue weighted by molar-refractivity contribution is 6.63. The molecular formula is C20H21BN2O4. The fraction of sp³-hybridized carbons (Fsp3) is 0.300. The molecule has 0 aliphatic carbocycles. The number of nitrogens with zero attached hydrogens (tertiary/aromatic N) is 1. The van der Waals surface area contributed by atoms with Gasteiger partial charge in [-0.25, -0.2) is 4.98 Å². The molecule has 1 aliphatic rings. The van der Waals surface area contributed by atoms with E-state index in [1.54, 1.807) is 36.4 Å². The number of hydrogen-bond acceptors (Lipinski definition) is 5. The Balaban J connectivity index is 1.79. The molecule has 6 nitrogen and oxygen atoms in total. The first kappa shape index (κ1) is 17.8. The van der Waals surface area contributed by atoms with Gasteiger partial charge in [0.05, 0.1) is 22.1 Å². The van der Waals surface area contributed by atoms with Crippen LogP contribution in [-0.2, 0) is 9.31 Å². The zero-order valence-corrected chi connectivity index (χ0v) is 15.7. The molecule has 0 atom stereocenters. The Morgan fingerprint density at radius 3 is 2.41 bits per heavy atom. The van der Waals surface area contributed by atoms with E-state index in [1.807, 2.05) is 33.8 Å². The number of fused-ring (bicyclic) bond motifs is 1. The number of benzene rings is 2. The highest BCUT2D eigenvalue weighted by Crippen LogP contribution is 2.37. The van der Waals surface area contributed by atoms with Crippen LogP contribution in [0, 0.1) is 0 Å². The molecule has 1 aliphatic heterocycles. The summed E-state index contributed by atoms with van der Waals surface area (Å²) in [5.74, 6) is 0.497. The molecule has 7 heteroatoms. The van der Waals surface area contributed by atoms with Crippen molar-refractivity contribution in [1.82, 2.24) is 9.97 Å². The SMILES string of the molecule is CC1(C)OB(c2cc(-c3nc4ccccc4c(=O)[nH]3)ccc2O)OC1(C)C. The average Bonchev–Trinajstić information content (AvgIpc) is 2.83. The molecule has 3 aromatic rings. The maximum atomic E-state index is 12.4. The topological polar surface area (TPSA) is 84.4 Å². The third kappa shape index (κ3) is 2.93. The molecule has 1 saturated heterocycles. The summed E-state index contributed by atoms with van der Waals surface area (Å²) in [5, 5.41) is 10.9. The van der Waals surface area contributed by atoms with Gasteiger partial charge in [0.15, 0.2) is 0 Å². The van der Waals surface area contributed by atoms with Crippen LogP contribution >= 0.6 is 0 Å². The molecule has 0 saturated carbocycles. The molecule has 0 bridgehead atoms. The van der Waals surface area contributed by atoms with E-state index >= 15 is 0 Å². The van der Waals surface area contributed by atoms with E-state index in [0.717, 1.165) is 0 Å². The number of phenolic OH excluding ortho intramolecular Hbond substituents is 1. The summed E-state index contributed by atoms with van der Waals surface area (Å²) >= 11 is 0. The van der Waals surface area contributed by atoms with Gasteiger partial charge in [-0.15, -0.1) is 0 Å². The standard InChI is InChI=1S/C20H21BN2O4/c1-19(2)20(3,4)27-21(26-19)14-11-12(9-10-16(14)24)17-22-15-8-6-5-7-13(15)18(25)23-17/h5-11,24H,1-4H3,(H,22,23,25). The van der Waals surface area contributed by atoms with E-state index in [4.69, 9.17) is 9.31 Å². The molecule has 138 valence electrons. The zero-order valence-electron chi connectivity index (χ0n) is 15.7. The maximum Gasteiger partial charge on any atom is 0.498 e. The molecule has 27 heavy (non-hydrogen) atoms. The summed E-state index contributed by atoms with van der Waals surface area (Å²) in [6.45, 7) is 7.82. The van der Waals surface area contributed by atoms with Gasteiger partial charge in [-0.1, -0.05) is 12.1 Å². The molecule has 2 N–H and O–H groups in total. The summed E-state index contributed by atoms with van der Waals surface area (Å²) in [5.41, 5.74) is 0.537. The van der Waals surface area contributed by atoms with Gasteiger partial charge in [0.25, 0.3) is 5.56 Å². The lowest BCUT2D eigenvalue weighted by Crippen LogP contribution is -2.41. The predicted octanol–water partition coefficient (Wildman–Crippen LogP) is 2.59. The maximum absolute atomic E-state index is 12.4. The zero-order chi connectivity index (χ0) is 19.4. The molecule has 2 aromatic carbocycles. The van der Waals surface area contributed by atoms with Crippen LogP contribution in [0.5, 0.6) is 5.75 Å². The average molecular weight is 364 g/mol. The van der Waals surface area contributed by atoms with Gasteiger partial charge in [0, 0.05) is 11.0 Å². The monoisotopic (exact) mass is 364 g/mol. The van der Waals surface area contributed by atoms with Crippen LogP contribution in [0.3, 0.4) is 0 Å². The third-order valence-corrected chi connectivity index (χ3v) is 5.42.